The van der Waals surface area contributed by atoms with E-state index >= 15 is 0 Å². The summed E-state index contributed by atoms with van der Waals surface area (Å²) >= 11 is 5.80. The summed E-state index contributed by atoms with van der Waals surface area (Å²) in [7, 11) is 0. The van der Waals surface area contributed by atoms with Gasteiger partial charge in [-0.1, -0.05) is 29.8 Å². The highest BCUT2D eigenvalue weighted by Crippen LogP contribution is 2.21. The Kier molecular flexibility index (Phi) is 4.82. The molecule has 0 aliphatic rings. The van der Waals surface area contributed by atoms with Crippen molar-refractivity contribution in [3.63, 3.8) is 0 Å². The van der Waals surface area contributed by atoms with Crippen LogP contribution in [0.5, 0.6) is 0 Å². The van der Waals surface area contributed by atoms with E-state index in [0.717, 1.165) is 16.7 Å². The van der Waals surface area contributed by atoms with Crippen molar-refractivity contribution in [2.75, 3.05) is 5.32 Å². The van der Waals surface area contributed by atoms with Crippen molar-refractivity contribution in [2.45, 2.75) is 0 Å². The van der Waals surface area contributed by atoms with Gasteiger partial charge >= 0.3 is 0 Å². The number of pyridine rings is 2. The van der Waals surface area contributed by atoms with Gasteiger partial charge in [0.05, 0.1) is 16.3 Å². The summed E-state index contributed by atoms with van der Waals surface area (Å²) in [5.41, 5.74) is -0.575. The quantitative estimate of drug-likeness (QED) is 0.537. The van der Waals surface area contributed by atoms with E-state index in [1.165, 1.54) is 24.5 Å². The lowest BCUT2D eigenvalue weighted by molar-refractivity contribution is 0.102. The van der Waals surface area contributed by atoms with Crippen LogP contribution in [0, 0.1) is 11.6 Å². The number of halogens is 3. The van der Waals surface area contributed by atoms with Crippen molar-refractivity contribution < 1.29 is 13.6 Å². The fourth-order valence-electron chi connectivity index (χ4n) is 2.96. The molecule has 5 nitrogen and oxygen atoms in total. The van der Waals surface area contributed by atoms with Crippen LogP contribution in [-0.2, 0) is 0 Å². The minimum atomic E-state index is -0.923. The first kappa shape index (κ1) is 18.8. The van der Waals surface area contributed by atoms with Crippen molar-refractivity contribution >= 4 is 34.1 Å². The van der Waals surface area contributed by atoms with E-state index in [-0.39, 0.29) is 22.5 Å². The van der Waals surface area contributed by atoms with Gasteiger partial charge in [-0.3, -0.25) is 14.2 Å². The Morgan fingerprint density at radius 2 is 1.79 bits per heavy atom. The molecule has 0 saturated carbocycles. The zero-order valence-electron chi connectivity index (χ0n) is 14.7. The van der Waals surface area contributed by atoms with Crippen LogP contribution < -0.4 is 10.9 Å². The average Bonchev–Trinajstić information content (AvgIpc) is 2.71. The summed E-state index contributed by atoms with van der Waals surface area (Å²) in [6.45, 7) is 0. The molecule has 29 heavy (non-hydrogen) atoms. The maximum Gasteiger partial charge on any atom is 0.263 e. The number of carbonyl (C=O) groups is 1. The van der Waals surface area contributed by atoms with Crippen molar-refractivity contribution in [1.82, 2.24) is 9.55 Å². The summed E-state index contributed by atoms with van der Waals surface area (Å²) in [6, 6.07) is 12.4. The van der Waals surface area contributed by atoms with Crippen LogP contribution in [0.25, 0.3) is 16.5 Å². The molecule has 0 unspecified atom stereocenters. The minimum absolute atomic E-state index is 0.126. The molecular weight excluding hydrogens is 400 g/mol. The number of rotatable bonds is 3. The number of nitrogens with one attached hydrogen (secondary N) is 1. The van der Waals surface area contributed by atoms with Gasteiger partial charge in [0.15, 0.2) is 0 Å². The van der Waals surface area contributed by atoms with Crippen molar-refractivity contribution in [2.24, 2.45) is 0 Å². The lowest BCUT2D eigenvalue weighted by Crippen LogP contribution is -2.23. The van der Waals surface area contributed by atoms with Gasteiger partial charge in [0, 0.05) is 29.2 Å². The predicted octanol–water partition coefficient (Wildman–Crippen LogP) is 4.57. The second-order valence-corrected chi connectivity index (χ2v) is 6.61. The highest BCUT2D eigenvalue weighted by molar-refractivity contribution is 6.30. The lowest BCUT2D eigenvalue weighted by atomic mass is 10.1. The molecule has 0 aliphatic carbocycles. The Morgan fingerprint density at radius 1 is 1.03 bits per heavy atom. The van der Waals surface area contributed by atoms with Gasteiger partial charge in [-0.05, 0) is 30.3 Å². The maximum absolute atomic E-state index is 14.3. The summed E-state index contributed by atoms with van der Waals surface area (Å²) in [5, 5.41) is 3.64. The van der Waals surface area contributed by atoms with E-state index in [9.17, 15) is 18.4 Å². The number of nitrogens with zero attached hydrogens (tertiary/aromatic N) is 2. The molecule has 8 heteroatoms. The molecule has 0 saturated heterocycles. The molecule has 1 amide bonds. The molecule has 0 atom stereocenters. The molecule has 0 radical (unpaired) electrons. The van der Waals surface area contributed by atoms with Gasteiger partial charge in [-0.15, -0.1) is 0 Å². The van der Waals surface area contributed by atoms with Crippen LogP contribution in [0.2, 0.25) is 5.02 Å². The first-order valence-electron chi connectivity index (χ1n) is 8.47. The number of carbonyl (C=O) groups excluding carboxylic acids is 1. The lowest BCUT2D eigenvalue weighted by Gasteiger charge is -2.13. The fourth-order valence-corrected chi connectivity index (χ4v) is 3.07. The summed E-state index contributed by atoms with van der Waals surface area (Å²) in [4.78, 5) is 29.8. The molecule has 2 aromatic heterocycles. The van der Waals surface area contributed by atoms with E-state index in [1.807, 2.05) is 0 Å². The predicted molar refractivity (Wildman–Crippen MR) is 107 cm³/mol. The monoisotopic (exact) mass is 411 g/mol. The van der Waals surface area contributed by atoms with E-state index in [2.05, 4.69) is 10.3 Å². The number of benzene rings is 2. The Balaban J connectivity index is 1.89. The Hall–Kier alpha value is -3.58. The second-order valence-electron chi connectivity index (χ2n) is 6.18. The van der Waals surface area contributed by atoms with E-state index in [4.69, 9.17) is 11.6 Å². The van der Waals surface area contributed by atoms with Crippen molar-refractivity contribution in [1.29, 1.82) is 0 Å². The molecule has 4 aromatic rings. The second kappa shape index (κ2) is 7.44. The maximum atomic E-state index is 14.3. The fraction of sp³-hybridized carbons (Fsp3) is 0. The van der Waals surface area contributed by atoms with Gasteiger partial charge in [-0.2, -0.15) is 0 Å². The molecule has 4 rings (SSSR count). The summed E-state index contributed by atoms with van der Waals surface area (Å²) < 4.78 is 28.6. The third kappa shape index (κ3) is 3.60. The topological polar surface area (TPSA) is 64.0 Å². The highest BCUT2D eigenvalue weighted by atomic mass is 35.5. The van der Waals surface area contributed by atoms with Crippen molar-refractivity contribution in [3.05, 3.63) is 99.6 Å². The van der Waals surface area contributed by atoms with E-state index in [0.29, 0.717) is 16.5 Å². The van der Waals surface area contributed by atoms with Crippen LogP contribution in [0.3, 0.4) is 0 Å². The summed E-state index contributed by atoms with van der Waals surface area (Å²) in [6.07, 6.45) is 2.61. The third-order valence-electron chi connectivity index (χ3n) is 4.31. The average molecular weight is 412 g/mol. The zero-order chi connectivity index (χ0) is 20.5. The van der Waals surface area contributed by atoms with Crippen LogP contribution in [0.4, 0.5) is 14.6 Å². The van der Waals surface area contributed by atoms with Crippen LogP contribution in [0.15, 0.2) is 71.8 Å². The zero-order valence-corrected chi connectivity index (χ0v) is 15.5. The third-order valence-corrected chi connectivity index (χ3v) is 4.53. The molecule has 2 heterocycles. The molecule has 144 valence electrons. The van der Waals surface area contributed by atoms with Crippen LogP contribution in [-0.4, -0.2) is 15.5 Å². The summed E-state index contributed by atoms with van der Waals surface area (Å²) in [5.74, 6) is -1.98. The molecule has 1 N–H and O–H groups in total. The SMILES string of the molecule is O=C(Nc1ccc(Cl)cn1)c1cn(-c2ccc(F)cc2F)c(=O)c2ccccc12. The number of fused-ring (bicyclic) bond motifs is 1. The van der Waals surface area contributed by atoms with Crippen LogP contribution in [0.1, 0.15) is 10.4 Å². The largest absolute Gasteiger partial charge is 0.306 e. The highest BCUT2D eigenvalue weighted by Gasteiger charge is 2.17. The number of aromatic nitrogens is 2. The first-order valence-corrected chi connectivity index (χ1v) is 8.84. The minimum Gasteiger partial charge on any atom is -0.306 e. The smallest absolute Gasteiger partial charge is 0.263 e. The number of anilines is 1. The molecule has 0 fully saturated rings. The van der Waals surface area contributed by atoms with Gasteiger partial charge in [-0.25, -0.2) is 13.8 Å². The molecule has 2 aromatic carbocycles. The Bertz CT molecular complexity index is 1300. The molecule has 0 aliphatic heterocycles. The number of hydrogen-bond acceptors (Lipinski definition) is 3. The molecule has 0 spiro atoms. The van der Waals surface area contributed by atoms with Gasteiger partial charge in [0.2, 0.25) is 0 Å². The van der Waals surface area contributed by atoms with Crippen LogP contribution >= 0.6 is 11.6 Å². The van der Waals surface area contributed by atoms with Gasteiger partial charge in [0.1, 0.15) is 17.5 Å². The van der Waals surface area contributed by atoms with Gasteiger partial charge < -0.3 is 5.32 Å². The standard InChI is InChI=1S/C21H12ClF2N3O2/c22-12-5-8-19(25-10-12)26-20(28)16-11-27(18-7-6-13(23)9-17(18)24)21(29)15-4-2-1-3-14(15)16/h1-11H,(H,25,26,28). The van der Waals surface area contributed by atoms with E-state index in [1.54, 1.807) is 24.3 Å². The van der Waals surface area contributed by atoms with E-state index < -0.39 is 23.1 Å². The molecular formula is C21H12ClF2N3O2. The number of amides is 1. The first-order chi connectivity index (χ1) is 13.9. The van der Waals surface area contributed by atoms with Crippen molar-refractivity contribution in [3.8, 4) is 5.69 Å². The Morgan fingerprint density at radius 3 is 2.48 bits per heavy atom. The number of hydrogen-bond donors (Lipinski definition) is 1. The normalized spacial score (nSPS) is 10.9. The van der Waals surface area contributed by atoms with Gasteiger partial charge in [0.25, 0.3) is 11.5 Å². The molecule has 0 bridgehead atoms. The Labute approximate surface area is 168 Å².